The summed E-state index contributed by atoms with van der Waals surface area (Å²) in [6, 6.07) is -0.966. The zero-order valence-corrected chi connectivity index (χ0v) is 11.8. The molecule has 1 saturated heterocycles. The van der Waals surface area contributed by atoms with E-state index in [-0.39, 0.29) is 31.2 Å². The Kier molecular flexibility index (Phi) is 6.29. The Morgan fingerprint density at radius 1 is 1.50 bits per heavy atom. The molecule has 1 aliphatic heterocycles. The minimum Gasteiger partial charge on any atom is -0.480 e. The lowest BCUT2D eigenvalue weighted by Gasteiger charge is -2.13. The maximum Gasteiger partial charge on any atom is 0.416 e. The van der Waals surface area contributed by atoms with Gasteiger partial charge in [0.15, 0.2) is 0 Å². The number of carboxylic acids is 1. The molecule has 0 bridgehead atoms. The van der Waals surface area contributed by atoms with E-state index >= 15 is 0 Å². The molecule has 0 radical (unpaired) electrons. The zero-order chi connectivity index (χ0) is 15.1. The molecule has 1 unspecified atom stereocenters. The van der Waals surface area contributed by atoms with E-state index in [1.807, 2.05) is 0 Å². The minimum atomic E-state index is -1.12. The Morgan fingerprint density at radius 2 is 2.20 bits per heavy atom. The van der Waals surface area contributed by atoms with Crippen molar-refractivity contribution < 1.29 is 29.0 Å². The van der Waals surface area contributed by atoms with Crippen LogP contribution in [0.3, 0.4) is 0 Å². The number of cyclic esters (lactones) is 1. The minimum absolute atomic E-state index is 0.0709. The summed E-state index contributed by atoms with van der Waals surface area (Å²) in [5.74, 6) is -1.44. The second-order valence-corrected chi connectivity index (χ2v) is 5.20. The van der Waals surface area contributed by atoms with Crippen LogP contribution >= 0.6 is 11.8 Å². The normalized spacial score (nSPS) is 15.7. The summed E-state index contributed by atoms with van der Waals surface area (Å²) in [7, 11) is 0. The zero-order valence-electron chi connectivity index (χ0n) is 11.0. The Morgan fingerprint density at radius 3 is 2.70 bits per heavy atom. The average Bonchev–Trinajstić information content (AvgIpc) is 2.78. The van der Waals surface area contributed by atoms with Gasteiger partial charge in [-0.1, -0.05) is 0 Å². The molecule has 20 heavy (non-hydrogen) atoms. The first kappa shape index (κ1) is 16.3. The van der Waals surface area contributed by atoms with Crippen LogP contribution in [0, 0.1) is 0 Å². The van der Waals surface area contributed by atoms with Gasteiger partial charge in [0, 0.05) is 6.92 Å². The molecule has 0 aliphatic carbocycles. The van der Waals surface area contributed by atoms with Gasteiger partial charge in [-0.05, 0) is 12.2 Å². The van der Waals surface area contributed by atoms with E-state index in [0.717, 1.165) is 4.90 Å². The van der Waals surface area contributed by atoms with Crippen molar-refractivity contribution >= 4 is 35.6 Å². The summed E-state index contributed by atoms with van der Waals surface area (Å²) >= 11 is 1.21. The van der Waals surface area contributed by atoms with Gasteiger partial charge in [-0.3, -0.25) is 9.59 Å². The van der Waals surface area contributed by atoms with Gasteiger partial charge in [0.05, 0.1) is 12.3 Å². The van der Waals surface area contributed by atoms with Gasteiger partial charge >= 0.3 is 12.1 Å². The number of carboxylic acid groups (broad SMARTS) is 1. The third-order valence-corrected chi connectivity index (χ3v) is 3.49. The number of imide groups is 1. The molecule has 0 aromatic heterocycles. The van der Waals surface area contributed by atoms with Crippen molar-refractivity contribution in [3.8, 4) is 0 Å². The van der Waals surface area contributed by atoms with Crippen LogP contribution in [0.15, 0.2) is 0 Å². The fourth-order valence-electron chi connectivity index (χ4n) is 1.56. The van der Waals surface area contributed by atoms with Crippen molar-refractivity contribution in [2.45, 2.75) is 19.4 Å². The molecule has 1 fully saturated rings. The van der Waals surface area contributed by atoms with Crippen LogP contribution in [0.2, 0.25) is 0 Å². The van der Waals surface area contributed by atoms with E-state index in [1.54, 1.807) is 0 Å². The third-order valence-electron chi connectivity index (χ3n) is 2.51. The highest BCUT2D eigenvalue weighted by Crippen LogP contribution is 2.10. The van der Waals surface area contributed by atoms with Gasteiger partial charge < -0.3 is 15.2 Å². The molecule has 0 aromatic carbocycles. The molecule has 8 nitrogen and oxygen atoms in total. The highest BCUT2D eigenvalue weighted by atomic mass is 32.2. The largest absolute Gasteiger partial charge is 0.480 e. The van der Waals surface area contributed by atoms with E-state index in [0.29, 0.717) is 5.75 Å². The van der Waals surface area contributed by atoms with Crippen LogP contribution in [0.1, 0.15) is 13.3 Å². The van der Waals surface area contributed by atoms with E-state index in [9.17, 15) is 19.2 Å². The lowest BCUT2D eigenvalue weighted by molar-refractivity contribution is -0.141. The van der Waals surface area contributed by atoms with Gasteiger partial charge in [0.2, 0.25) is 11.8 Å². The number of hydrogen-bond donors (Lipinski definition) is 2. The van der Waals surface area contributed by atoms with Crippen molar-refractivity contribution in [2.24, 2.45) is 0 Å². The third kappa shape index (κ3) is 5.08. The summed E-state index contributed by atoms with van der Waals surface area (Å²) in [6.45, 7) is 1.70. The highest BCUT2D eigenvalue weighted by molar-refractivity contribution is 7.99. The number of nitrogens with zero attached hydrogens (tertiary/aromatic N) is 1. The number of aliphatic carboxylic acids is 1. The smallest absolute Gasteiger partial charge is 0.416 e. The molecular weight excluding hydrogens is 288 g/mol. The van der Waals surface area contributed by atoms with E-state index in [4.69, 9.17) is 5.11 Å². The second-order valence-electron chi connectivity index (χ2n) is 4.09. The Bertz CT molecular complexity index is 414. The Labute approximate surface area is 119 Å². The molecule has 3 amide bonds. The molecule has 1 aliphatic rings. The molecular formula is C11H16N2O6S. The predicted molar refractivity (Wildman–Crippen MR) is 70.2 cm³/mol. The number of rotatable bonds is 7. The number of carbonyl (C=O) groups excluding carboxylic acids is 3. The van der Waals surface area contributed by atoms with E-state index in [1.165, 1.54) is 18.7 Å². The number of ether oxygens (including phenoxy) is 1. The first-order valence-electron chi connectivity index (χ1n) is 5.96. The summed E-state index contributed by atoms with van der Waals surface area (Å²) < 4.78 is 4.64. The molecule has 112 valence electrons. The van der Waals surface area contributed by atoms with Gasteiger partial charge in [0.1, 0.15) is 12.6 Å². The van der Waals surface area contributed by atoms with Gasteiger partial charge in [0.25, 0.3) is 0 Å². The fourth-order valence-corrected chi connectivity index (χ4v) is 2.44. The van der Waals surface area contributed by atoms with Crippen molar-refractivity contribution in [3.05, 3.63) is 0 Å². The number of hydrogen-bond acceptors (Lipinski definition) is 6. The average molecular weight is 304 g/mol. The van der Waals surface area contributed by atoms with Crippen LogP contribution in [0.25, 0.3) is 0 Å². The molecule has 0 spiro atoms. The first-order chi connectivity index (χ1) is 9.41. The van der Waals surface area contributed by atoms with Gasteiger partial charge in [-0.25, -0.2) is 14.5 Å². The van der Waals surface area contributed by atoms with Crippen molar-refractivity contribution in [2.75, 3.05) is 24.7 Å². The number of carbonyl (C=O) groups is 4. The number of amides is 3. The molecule has 0 aromatic rings. The van der Waals surface area contributed by atoms with Crippen molar-refractivity contribution in [1.29, 1.82) is 0 Å². The van der Waals surface area contributed by atoms with E-state index < -0.39 is 24.0 Å². The van der Waals surface area contributed by atoms with Crippen LogP contribution in [0.5, 0.6) is 0 Å². The Balaban J connectivity index is 2.26. The van der Waals surface area contributed by atoms with Crippen LogP contribution in [0.4, 0.5) is 4.79 Å². The lowest BCUT2D eigenvalue weighted by Crippen LogP contribution is -2.40. The second kappa shape index (κ2) is 7.73. The van der Waals surface area contributed by atoms with Crippen molar-refractivity contribution in [1.82, 2.24) is 10.2 Å². The fraction of sp³-hybridized carbons (Fsp3) is 0.636. The molecule has 1 rings (SSSR count). The maximum atomic E-state index is 11.6. The standard InChI is InChI=1S/C11H16N2O6S/c1-7(14)12-8(10(16)17)2-5-20-6-9(15)13-3-4-19-11(13)18/h8H,2-6H2,1H3,(H,12,14)(H,16,17). The van der Waals surface area contributed by atoms with Crippen LogP contribution < -0.4 is 5.32 Å². The number of nitrogens with one attached hydrogen (secondary N) is 1. The van der Waals surface area contributed by atoms with Crippen LogP contribution in [-0.2, 0) is 19.1 Å². The number of thioether (sulfide) groups is 1. The summed E-state index contributed by atoms with van der Waals surface area (Å²) in [6.07, 6.45) is -0.436. The highest BCUT2D eigenvalue weighted by Gasteiger charge is 2.28. The predicted octanol–water partition coefficient (Wildman–Crippen LogP) is -0.322. The molecule has 1 atom stereocenters. The lowest BCUT2D eigenvalue weighted by atomic mass is 10.2. The summed E-state index contributed by atoms with van der Waals surface area (Å²) in [4.78, 5) is 45.4. The topological polar surface area (TPSA) is 113 Å². The SMILES string of the molecule is CC(=O)NC(CCSCC(=O)N1CCOC1=O)C(=O)O. The first-order valence-corrected chi connectivity index (χ1v) is 7.12. The summed E-state index contributed by atoms with van der Waals surface area (Å²) in [5.41, 5.74) is 0. The molecule has 1 heterocycles. The van der Waals surface area contributed by atoms with Crippen LogP contribution in [-0.4, -0.2) is 64.6 Å². The monoisotopic (exact) mass is 304 g/mol. The molecule has 2 N–H and O–H groups in total. The van der Waals surface area contributed by atoms with E-state index in [2.05, 4.69) is 10.1 Å². The Hall–Kier alpha value is -1.77. The molecule has 9 heteroatoms. The van der Waals surface area contributed by atoms with Gasteiger partial charge in [-0.2, -0.15) is 11.8 Å². The summed E-state index contributed by atoms with van der Waals surface area (Å²) in [5, 5.41) is 11.2. The molecule has 0 saturated carbocycles. The van der Waals surface area contributed by atoms with Gasteiger partial charge in [-0.15, -0.1) is 0 Å². The van der Waals surface area contributed by atoms with Crippen molar-refractivity contribution in [3.63, 3.8) is 0 Å². The maximum absolute atomic E-state index is 11.6. The quantitative estimate of drug-likeness (QED) is 0.619.